The molecule has 0 aromatic rings. The lowest BCUT2D eigenvalue weighted by Gasteiger charge is -2.26. The van der Waals surface area contributed by atoms with Crippen molar-refractivity contribution < 1.29 is 14.6 Å². The third-order valence-electron chi connectivity index (χ3n) is 1.35. The van der Waals surface area contributed by atoms with Crippen molar-refractivity contribution in [2.75, 3.05) is 13.2 Å². The van der Waals surface area contributed by atoms with Gasteiger partial charge >= 0.3 is 5.97 Å². The van der Waals surface area contributed by atoms with E-state index in [1.165, 1.54) is 11.8 Å². The van der Waals surface area contributed by atoms with Gasteiger partial charge in [-0.2, -0.15) is 0 Å². The maximum absolute atomic E-state index is 10.3. The first kappa shape index (κ1) is 7.88. The van der Waals surface area contributed by atoms with Crippen LogP contribution in [-0.4, -0.2) is 34.8 Å². The summed E-state index contributed by atoms with van der Waals surface area (Å²) < 4.78 is 4.90. The van der Waals surface area contributed by atoms with Gasteiger partial charge in [0.05, 0.1) is 23.7 Å². The average molecular weight is 162 g/mol. The van der Waals surface area contributed by atoms with Gasteiger partial charge in [0.25, 0.3) is 0 Å². The SMILES string of the molecule is CC(SC1COC1)C(=O)O. The Labute approximate surface area is 63.8 Å². The number of hydrogen-bond acceptors (Lipinski definition) is 3. The van der Waals surface area contributed by atoms with Gasteiger partial charge in [0, 0.05) is 0 Å². The van der Waals surface area contributed by atoms with Crippen LogP contribution in [0.15, 0.2) is 0 Å². The standard InChI is InChI=1S/C6H10O3S/c1-4(6(7)8)10-5-2-9-3-5/h4-5H,2-3H2,1H3,(H,7,8). The first-order valence-electron chi connectivity index (χ1n) is 3.16. The van der Waals surface area contributed by atoms with Gasteiger partial charge in [-0.3, -0.25) is 4.79 Å². The molecular weight excluding hydrogens is 152 g/mol. The highest BCUT2D eigenvalue weighted by atomic mass is 32.2. The van der Waals surface area contributed by atoms with Crippen molar-refractivity contribution in [1.29, 1.82) is 0 Å². The molecule has 1 fully saturated rings. The molecule has 0 saturated carbocycles. The van der Waals surface area contributed by atoms with Crippen molar-refractivity contribution in [1.82, 2.24) is 0 Å². The van der Waals surface area contributed by atoms with Gasteiger partial charge < -0.3 is 9.84 Å². The Morgan fingerprint density at radius 3 is 2.70 bits per heavy atom. The van der Waals surface area contributed by atoms with E-state index in [4.69, 9.17) is 9.84 Å². The van der Waals surface area contributed by atoms with E-state index >= 15 is 0 Å². The molecule has 4 heteroatoms. The summed E-state index contributed by atoms with van der Waals surface area (Å²) in [7, 11) is 0. The Morgan fingerprint density at radius 1 is 1.80 bits per heavy atom. The minimum absolute atomic E-state index is 0.297. The zero-order valence-corrected chi connectivity index (χ0v) is 6.56. The van der Waals surface area contributed by atoms with Gasteiger partial charge in [0.15, 0.2) is 0 Å². The van der Waals surface area contributed by atoms with Crippen LogP contribution < -0.4 is 0 Å². The molecule has 0 amide bonds. The zero-order valence-electron chi connectivity index (χ0n) is 5.74. The van der Waals surface area contributed by atoms with Gasteiger partial charge in [0.1, 0.15) is 0 Å². The van der Waals surface area contributed by atoms with E-state index in [0.29, 0.717) is 18.5 Å². The van der Waals surface area contributed by atoms with Crippen LogP contribution in [0.4, 0.5) is 0 Å². The van der Waals surface area contributed by atoms with Crippen LogP contribution in [0.1, 0.15) is 6.92 Å². The number of ether oxygens (including phenoxy) is 1. The number of carboxylic acid groups (broad SMARTS) is 1. The van der Waals surface area contributed by atoms with Crippen molar-refractivity contribution in [3.63, 3.8) is 0 Å². The Hall–Kier alpha value is -0.220. The molecule has 0 aliphatic carbocycles. The summed E-state index contributed by atoms with van der Waals surface area (Å²) in [6, 6.07) is 0. The number of carbonyl (C=O) groups is 1. The summed E-state index contributed by atoms with van der Waals surface area (Å²) in [6.07, 6.45) is 0. The van der Waals surface area contributed by atoms with E-state index in [1.807, 2.05) is 0 Å². The highest BCUT2D eigenvalue weighted by molar-refractivity contribution is 8.01. The molecule has 0 spiro atoms. The summed E-state index contributed by atoms with van der Waals surface area (Å²) in [6.45, 7) is 3.12. The van der Waals surface area contributed by atoms with Crippen LogP contribution in [0.25, 0.3) is 0 Å². The van der Waals surface area contributed by atoms with Crippen LogP contribution in [0.2, 0.25) is 0 Å². The van der Waals surface area contributed by atoms with Crippen molar-refractivity contribution in [2.45, 2.75) is 17.4 Å². The van der Waals surface area contributed by atoms with Gasteiger partial charge in [-0.1, -0.05) is 0 Å². The van der Waals surface area contributed by atoms with E-state index in [1.54, 1.807) is 6.92 Å². The summed E-state index contributed by atoms with van der Waals surface area (Å²) in [5, 5.41) is 8.60. The molecule has 0 radical (unpaired) electrons. The van der Waals surface area contributed by atoms with Crippen LogP contribution in [-0.2, 0) is 9.53 Å². The first-order chi connectivity index (χ1) is 4.70. The molecule has 1 aliphatic heterocycles. The molecule has 1 atom stereocenters. The fourth-order valence-corrected chi connectivity index (χ4v) is 1.68. The molecule has 1 unspecified atom stereocenters. The van der Waals surface area contributed by atoms with E-state index in [2.05, 4.69) is 0 Å². The molecular formula is C6H10O3S. The molecule has 10 heavy (non-hydrogen) atoms. The molecule has 0 aromatic heterocycles. The van der Waals surface area contributed by atoms with E-state index in [0.717, 1.165) is 0 Å². The maximum atomic E-state index is 10.3. The zero-order chi connectivity index (χ0) is 7.56. The van der Waals surface area contributed by atoms with Gasteiger partial charge in [-0.05, 0) is 6.92 Å². The topological polar surface area (TPSA) is 46.5 Å². The minimum Gasteiger partial charge on any atom is -0.480 e. The van der Waals surface area contributed by atoms with Crippen molar-refractivity contribution >= 4 is 17.7 Å². The minimum atomic E-state index is -0.739. The van der Waals surface area contributed by atoms with Crippen LogP contribution in [0, 0.1) is 0 Å². The molecule has 1 heterocycles. The van der Waals surface area contributed by atoms with Crippen LogP contribution in [0.5, 0.6) is 0 Å². The fraction of sp³-hybridized carbons (Fsp3) is 0.833. The van der Waals surface area contributed by atoms with Crippen LogP contribution in [0.3, 0.4) is 0 Å². The molecule has 1 N–H and O–H groups in total. The predicted molar refractivity (Wildman–Crippen MR) is 39.3 cm³/mol. The van der Waals surface area contributed by atoms with E-state index in [-0.39, 0.29) is 5.25 Å². The summed E-state index contributed by atoms with van der Waals surface area (Å²) >= 11 is 1.47. The Morgan fingerprint density at radius 2 is 2.40 bits per heavy atom. The maximum Gasteiger partial charge on any atom is 0.316 e. The van der Waals surface area contributed by atoms with E-state index in [9.17, 15) is 4.79 Å². The largest absolute Gasteiger partial charge is 0.480 e. The van der Waals surface area contributed by atoms with Crippen molar-refractivity contribution in [2.24, 2.45) is 0 Å². The second-order valence-electron chi connectivity index (χ2n) is 2.28. The lowest BCUT2D eigenvalue weighted by Crippen LogP contribution is -2.33. The highest BCUT2D eigenvalue weighted by Crippen LogP contribution is 2.23. The molecule has 3 nitrogen and oxygen atoms in total. The van der Waals surface area contributed by atoms with Gasteiger partial charge in [0.2, 0.25) is 0 Å². The second-order valence-corrected chi connectivity index (χ2v) is 3.92. The lowest BCUT2D eigenvalue weighted by molar-refractivity contribution is -0.136. The van der Waals surface area contributed by atoms with Crippen molar-refractivity contribution in [3.8, 4) is 0 Å². The molecule has 1 aliphatic rings. The summed E-state index contributed by atoms with van der Waals surface area (Å²) in [4.78, 5) is 10.3. The summed E-state index contributed by atoms with van der Waals surface area (Å²) in [5.41, 5.74) is 0. The molecule has 0 aromatic carbocycles. The normalized spacial score (nSPS) is 21.7. The smallest absolute Gasteiger partial charge is 0.316 e. The predicted octanol–water partition coefficient (Wildman–Crippen LogP) is 0.591. The molecule has 0 bridgehead atoms. The fourth-order valence-electron chi connectivity index (χ4n) is 0.640. The Kier molecular flexibility index (Phi) is 2.56. The molecule has 1 saturated heterocycles. The third-order valence-corrected chi connectivity index (χ3v) is 2.62. The van der Waals surface area contributed by atoms with Gasteiger partial charge in [-0.15, -0.1) is 11.8 Å². The van der Waals surface area contributed by atoms with E-state index < -0.39 is 5.97 Å². The monoisotopic (exact) mass is 162 g/mol. The number of hydrogen-bond donors (Lipinski definition) is 1. The number of thioether (sulfide) groups is 1. The van der Waals surface area contributed by atoms with Gasteiger partial charge in [-0.25, -0.2) is 0 Å². The Bertz CT molecular complexity index is 133. The third kappa shape index (κ3) is 1.88. The second kappa shape index (κ2) is 3.25. The number of carboxylic acids is 1. The molecule has 1 rings (SSSR count). The van der Waals surface area contributed by atoms with Crippen molar-refractivity contribution in [3.05, 3.63) is 0 Å². The highest BCUT2D eigenvalue weighted by Gasteiger charge is 2.24. The first-order valence-corrected chi connectivity index (χ1v) is 4.10. The number of rotatable bonds is 3. The average Bonchev–Trinajstić information content (AvgIpc) is 1.77. The van der Waals surface area contributed by atoms with Crippen LogP contribution >= 0.6 is 11.8 Å². The number of aliphatic carboxylic acids is 1. The quantitative estimate of drug-likeness (QED) is 0.659. The molecule has 58 valence electrons. The Balaban J connectivity index is 2.16. The lowest BCUT2D eigenvalue weighted by atomic mass is 10.4. The summed E-state index contributed by atoms with van der Waals surface area (Å²) in [5.74, 6) is -0.739.